The van der Waals surface area contributed by atoms with E-state index in [9.17, 15) is 23.5 Å². The van der Waals surface area contributed by atoms with Crippen LogP contribution in [-0.4, -0.2) is 21.8 Å². The standard InChI is InChI=1S/C20H10ClF2NO4S/c21-11-6-12(22)9(5-13(11)23)10-8-29-17(18(10)20(26)27)7-15(25)19-24-14-3-1-2-4-16(14)28-19/h1-6,8H,7H2,(H,26,27). The predicted molar refractivity (Wildman–Crippen MR) is 104 cm³/mol. The van der Waals surface area contributed by atoms with Crippen LogP contribution in [0.15, 0.2) is 46.2 Å². The first-order valence-electron chi connectivity index (χ1n) is 8.22. The van der Waals surface area contributed by atoms with Crippen molar-refractivity contribution in [3.05, 3.63) is 74.8 Å². The van der Waals surface area contributed by atoms with Crippen LogP contribution in [0.5, 0.6) is 0 Å². The van der Waals surface area contributed by atoms with Gasteiger partial charge in [0.05, 0.1) is 17.0 Å². The number of oxazole rings is 1. The van der Waals surface area contributed by atoms with Crippen molar-refractivity contribution < 1.29 is 27.9 Å². The van der Waals surface area contributed by atoms with E-state index in [2.05, 4.69) is 4.98 Å². The third-order valence-electron chi connectivity index (χ3n) is 4.23. The molecule has 0 amide bonds. The topological polar surface area (TPSA) is 80.4 Å². The lowest BCUT2D eigenvalue weighted by Gasteiger charge is -2.06. The zero-order valence-corrected chi connectivity index (χ0v) is 16.0. The van der Waals surface area contributed by atoms with Crippen LogP contribution in [0.2, 0.25) is 5.02 Å². The Labute approximate surface area is 171 Å². The van der Waals surface area contributed by atoms with Gasteiger partial charge < -0.3 is 9.52 Å². The molecule has 0 aliphatic carbocycles. The molecule has 1 N–H and O–H groups in total. The van der Waals surface area contributed by atoms with Crippen LogP contribution in [0.4, 0.5) is 8.78 Å². The summed E-state index contributed by atoms with van der Waals surface area (Å²) in [5, 5.41) is 10.6. The van der Waals surface area contributed by atoms with Crippen LogP contribution in [0, 0.1) is 11.6 Å². The average Bonchev–Trinajstić information content (AvgIpc) is 3.28. The Morgan fingerprint density at radius 2 is 1.90 bits per heavy atom. The van der Waals surface area contributed by atoms with Gasteiger partial charge in [-0.2, -0.15) is 0 Å². The normalized spacial score (nSPS) is 11.1. The molecule has 0 saturated heterocycles. The maximum Gasteiger partial charge on any atom is 0.337 e. The molecule has 9 heteroatoms. The summed E-state index contributed by atoms with van der Waals surface area (Å²) in [7, 11) is 0. The summed E-state index contributed by atoms with van der Waals surface area (Å²) in [4.78, 5) is 28.7. The molecule has 0 bridgehead atoms. The van der Waals surface area contributed by atoms with Gasteiger partial charge in [-0.25, -0.2) is 18.6 Å². The maximum absolute atomic E-state index is 14.3. The molecule has 0 radical (unpaired) electrons. The monoisotopic (exact) mass is 433 g/mol. The van der Waals surface area contributed by atoms with Crippen LogP contribution < -0.4 is 0 Å². The SMILES string of the molecule is O=C(Cc1scc(-c2cc(F)c(Cl)cc2F)c1C(=O)O)c1nc2ccccc2o1. The van der Waals surface area contributed by atoms with E-state index in [-0.39, 0.29) is 33.9 Å². The molecule has 0 saturated carbocycles. The van der Waals surface area contributed by atoms with Gasteiger partial charge in [0.2, 0.25) is 5.78 Å². The zero-order valence-electron chi connectivity index (χ0n) is 14.4. The van der Waals surface area contributed by atoms with E-state index in [0.29, 0.717) is 11.1 Å². The van der Waals surface area contributed by atoms with Gasteiger partial charge in [-0.05, 0) is 29.6 Å². The van der Waals surface area contributed by atoms with E-state index in [0.717, 1.165) is 23.5 Å². The summed E-state index contributed by atoms with van der Waals surface area (Å²) < 4.78 is 33.5. The number of carbonyl (C=O) groups is 2. The van der Waals surface area contributed by atoms with Gasteiger partial charge in [0, 0.05) is 16.0 Å². The minimum Gasteiger partial charge on any atom is -0.478 e. The van der Waals surface area contributed by atoms with E-state index in [4.69, 9.17) is 16.0 Å². The summed E-state index contributed by atoms with van der Waals surface area (Å²) in [6.07, 6.45) is -0.309. The van der Waals surface area contributed by atoms with Crippen molar-refractivity contribution >= 4 is 45.8 Å². The van der Waals surface area contributed by atoms with Crippen LogP contribution in [-0.2, 0) is 6.42 Å². The third-order valence-corrected chi connectivity index (χ3v) is 5.51. The Hall–Kier alpha value is -3.10. The van der Waals surface area contributed by atoms with E-state index >= 15 is 0 Å². The Morgan fingerprint density at radius 1 is 1.14 bits per heavy atom. The molecule has 0 spiro atoms. The molecule has 0 aliphatic heterocycles. The molecule has 5 nitrogen and oxygen atoms in total. The van der Waals surface area contributed by atoms with Crippen molar-refractivity contribution in [2.24, 2.45) is 0 Å². The summed E-state index contributed by atoms with van der Waals surface area (Å²) in [5.41, 5.74) is 0.372. The highest BCUT2D eigenvalue weighted by Gasteiger charge is 2.25. The smallest absolute Gasteiger partial charge is 0.337 e. The number of carboxylic acids is 1. The molecule has 2 aromatic carbocycles. The number of rotatable bonds is 5. The number of benzene rings is 2. The Kier molecular flexibility index (Phi) is 4.89. The van der Waals surface area contributed by atoms with Crippen LogP contribution >= 0.6 is 22.9 Å². The van der Waals surface area contributed by atoms with Crippen molar-refractivity contribution in [2.45, 2.75) is 6.42 Å². The summed E-state index contributed by atoms with van der Waals surface area (Å²) in [6.45, 7) is 0. The lowest BCUT2D eigenvalue weighted by Crippen LogP contribution is -2.08. The Morgan fingerprint density at radius 3 is 2.62 bits per heavy atom. The van der Waals surface area contributed by atoms with Crippen molar-refractivity contribution in [3.8, 4) is 11.1 Å². The molecular formula is C20H10ClF2NO4S. The second kappa shape index (κ2) is 7.38. The number of fused-ring (bicyclic) bond motifs is 1. The molecule has 0 fully saturated rings. The number of para-hydroxylation sites is 2. The molecule has 4 aromatic rings. The van der Waals surface area contributed by atoms with Gasteiger partial charge in [0.1, 0.15) is 17.2 Å². The van der Waals surface area contributed by atoms with Crippen molar-refractivity contribution in [1.82, 2.24) is 4.98 Å². The number of Topliss-reactive ketones (excluding diaryl/α,β-unsaturated/α-hetero) is 1. The molecule has 4 rings (SSSR count). The van der Waals surface area contributed by atoms with Crippen LogP contribution in [0.3, 0.4) is 0 Å². The number of ketones is 1. The van der Waals surface area contributed by atoms with Gasteiger partial charge in [0.25, 0.3) is 5.89 Å². The van der Waals surface area contributed by atoms with Gasteiger partial charge in [-0.3, -0.25) is 4.79 Å². The van der Waals surface area contributed by atoms with Crippen molar-refractivity contribution in [1.29, 1.82) is 0 Å². The average molecular weight is 434 g/mol. The quantitative estimate of drug-likeness (QED) is 0.327. The second-order valence-electron chi connectivity index (χ2n) is 6.09. The molecule has 146 valence electrons. The summed E-state index contributed by atoms with van der Waals surface area (Å²) >= 11 is 6.52. The number of thiophene rings is 1. The fourth-order valence-corrected chi connectivity index (χ4v) is 4.09. The largest absolute Gasteiger partial charge is 0.478 e. The van der Waals surface area contributed by atoms with Crippen LogP contribution in [0.25, 0.3) is 22.2 Å². The first-order valence-corrected chi connectivity index (χ1v) is 9.48. The molecule has 0 aliphatic rings. The first-order chi connectivity index (χ1) is 13.8. The highest BCUT2D eigenvalue weighted by Crippen LogP contribution is 2.36. The number of hydrogen-bond acceptors (Lipinski definition) is 5. The number of halogens is 3. The fraction of sp³-hybridized carbons (Fsp3) is 0.0500. The van der Waals surface area contributed by atoms with Gasteiger partial charge >= 0.3 is 5.97 Å². The highest BCUT2D eigenvalue weighted by molar-refractivity contribution is 7.11. The summed E-state index contributed by atoms with van der Waals surface area (Å²) in [6, 6.07) is 8.42. The van der Waals surface area contributed by atoms with Crippen molar-refractivity contribution in [2.75, 3.05) is 0 Å². The van der Waals surface area contributed by atoms with Gasteiger partial charge in [-0.1, -0.05) is 23.7 Å². The molecule has 2 heterocycles. The minimum atomic E-state index is -1.36. The Bertz CT molecular complexity index is 1250. The lowest BCUT2D eigenvalue weighted by atomic mass is 10.0. The number of aromatic carboxylic acids is 1. The van der Waals surface area contributed by atoms with Gasteiger partial charge in [-0.15, -0.1) is 11.3 Å². The van der Waals surface area contributed by atoms with E-state index < -0.39 is 28.4 Å². The number of carboxylic acid groups (broad SMARTS) is 1. The number of hydrogen-bond donors (Lipinski definition) is 1. The second-order valence-corrected chi connectivity index (χ2v) is 7.46. The number of aromatic nitrogens is 1. The van der Waals surface area contributed by atoms with Crippen LogP contribution in [0.1, 0.15) is 25.9 Å². The zero-order chi connectivity index (χ0) is 20.7. The van der Waals surface area contributed by atoms with Gasteiger partial charge in [0.15, 0.2) is 5.58 Å². The highest BCUT2D eigenvalue weighted by atomic mass is 35.5. The number of carbonyl (C=O) groups excluding carboxylic acids is 1. The minimum absolute atomic E-state index is 0.0315. The molecule has 0 atom stereocenters. The maximum atomic E-state index is 14.3. The fourth-order valence-electron chi connectivity index (χ4n) is 2.90. The molecule has 29 heavy (non-hydrogen) atoms. The molecule has 0 unspecified atom stereocenters. The molecule has 2 aromatic heterocycles. The van der Waals surface area contributed by atoms with E-state index in [1.807, 2.05) is 0 Å². The third kappa shape index (κ3) is 3.52. The summed E-state index contributed by atoms with van der Waals surface area (Å²) in [5.74, 6) is -3.79. The molecular weight excluding hydrogens is 424 g/mol. The predicted octanol–water partition coefficient (Wildman–Crippen LogP) is 5.61. The van der Waals surface area contributed by atoms with E-state index in [1.54, 1.807) is 24.3 Å². The van der Waals surface area contributed by atoms with E-state index in [1.165, 1.54) is 5.38 Å². The first kappa shape index (κ1) is 19.2. The van der Waals surface area contributed by atoms with Crippen molar-refractivity contribution in [3.63, 3.8) is 0 Å². The Balaban J connectivity index is 1.73. The number of nitrogens with zero attached hydrogens (tertiary/aromatic N) is 1. The lowest BCUT2D eigenvalue weighted by molar-refractivity contribution is 0.0697.